The van der Waals surface area contributed by atoms with Gasteiger partial charge in [0.1, 0.15) is 5.75 Å². The van der Waals surface area contributed by atoms with E-state index < -0.39 is 0 Å². The van der Waals surface area contributed by atoms with Crippen molar-refractivity contribution in [1.82, 2.24) is 0 Å². The summed E-state index contributed by atoms with van der Waals surface area (Å²) in [7, 11) is 0. The number of phenols is 3. The second-order valence-corrected chi connectivity index (χ2v) is 4.66. The molecule has 0 radical (unpaired) electrons. The lowest BCUT2D eigenvalue weighted by Gasteiger charge is -2.12. The van der Waals surface area contributed by atoms with Crippen molar-refractivity contribution in [3.05, 3.63) is 41.0 Å². The van der Waals surface area contributed by atoms with Gasteiger partial charge in [-0.1, -0.05) is 6.07 Å². The maximum Gasteiger partial charge on any atom is 0.165 e. The quantitative estimate of drug-likeness (QED) is 0.674. The second-order valence-electron chi connectivity index (χ2n) is 4.66. The molecule has 0 fully saturated rings. The number of phenolic OH excluding ortho intramolecular Hbond substituents is 3. The third kappa shape index (κ3) is 1.99. The molecule has 0 saturated carbocycles. The largest absolute Gasteiger partial charge is 0.507 e. The van der Waals surface area contributed by atoms with Crippen LogP contribution in [0.25, 0.3) is 11.1 Å². The van der Waals surface area contributed by atoms with Gasteiger partial charge in [0, 0.05) is 11.1 Å². The summed E-state index contributed by atoms with van der Waals surface area (Å²) in [4.78, 5) is 0. The summed E-state index contributed by atoms with van der Waals surface area (Å²) in [5, 5.41) is 29.6. The summed E-state index contributed by atoms with van der Waals surface area (Å²) in [6.07, 6.45) is 0. The Bertz CT molecular complexity index is 560. The van der Waals surface area contributed by atoms with E-state index >= 15 is 0 Å². The molecule has 3 heteroatoms. The predicted molar refractivity (Wildman–Crippen MR) is 71.1 cm³/mol. The van der Waals surface area contributed by atoms with E-state index in [2.05, 4.69) is 0 Å². The standard InChI is InChI=1S/C15H16O3/c1-8-4-10(3)14(17)11(5-8)12-6-9(2)7-13(16)15(12)18/h4-7,16-18H,1-3H3. The molecule has 2 aromatic rings. The van der Waals surface area contributed by atoms with Gasteiger partial charge in [-0.15, -0.1) is 0 Å². The van der Waals surface area contributed by atoms with Crippen molar-refractivity contribution in [3.8, 4) is 28.4 Å². The molecular formula is C15H16O3. The molecule has 0 aliphatic rings. The maximum absolute atomic E-state index is 10.1. The van der Waals surface area contributed by atoms with E-state index in [0.717, 1.165) is 16.7 Å². The number of aryl methyl sites for hydroxylation is 3. The van der Waals surface area contributed by atoms with Gasteiger partial charge in [-0.25, -0.2) is 0 Å². The van der Waals surface area contributed by atoms with Crippen molar-refractivity contribution in [2.24, 2.45) is 0 Å². The monoisotopic (exact) mass is 244 g/mol. The Labute approximate surface area is 106 Å². The zero-order valence-electron chi connectivity index (χ0n) is 10.7. The molecule has 0 saturated heterocycles. The van der Waals surface area contributed by atoms with Gasteiger partial charge in [-0.05, 0) is 55.7 Å². The molecule has 0 aliphatic heterocycles. The molecule has 3 nitrogen and oxygen atoms in total. The van der Waals surface area contributed by atoms with Crippen LogP contribution in [-0.2, 0) is 0 Å². The lowest BCUT2D eigenvalue weighted by Crippen LogP contribution is -1.87. The topological polar surface area (TPSA) is 60.7 Å². The molecule has 0 amide bonds. The fourth-order valence-corrected chi connectivity index (χ4v) is 2.13. The first-order chi connectivity index (χ1) is 8.40. The van der Waals surface area contributed by atoms with E-state index in [1.807, 2.05) is 19.9 Å². The van der Waals surface area contributed by atoms with Crippen molar-refractivity contribution in [3.63, 3.8) is 0 Å². The van der Waals surface area contributed by atoms with Crippen molar-refractivity contribution in [1.29, 1.82) is 0 Å². The van der Waals surface area contributed by atoms with E-state index in [0.29, 0.717) is 11.1 Å². The molecule has 2 rings (SSSR count). The zero-order valence-corrected chi connectivity index (χ0v) is 10.7. The van der Waals surface area contributed by atoms with Crippen molar-refractivity contribution >= 4 is 0 Å². The summed E-state index contributed by atoms with van der Waals surface area (Å²) in [6, 6.07) is 6.88. The van der Waals surface area contributed by atoms with Gasteiger partial charge in [0.05, 0.1) is 0 Å². The normalized spacial score (nSPS) is 10.6. The van der Waals surface area contributed by atoms with E-state index in [-0.39, 0.29) is 17.2 Å². The summed E-state index contributed by atoms with van der Waals surface area (Å²) >= 11 is 0. The second kappa shape index (κ2) is 4.26. The third-order valence-corrected chi connectivity index (χ3v) is 2.97. The van der Waals surface area contributed by atoms with Crippen LogP contribution in [0.5, 0.6) is 17.2 Å². The Balaban J connectivity index is 2.77. The lowest BCUT2D eigenvalue weighted by molar-refractivity contribution is 0.404. The fraction of sp³-hybridized carbons (Fsp3) is 0.200. The smallest absolute Gasteiger partial charge is 0.165 e. The van der Waals surface area contributed by atoms with E-state index in [9.17, 15) is 15.3 Å². The molecule has 18 heavy (non-hydrogen) atoms. The maximum atomic E-state index is 10.1. The third-order valence-electron chi connectivity index (χ3n) is 2.97. The molecule has 0 spiro atoms. The predicted octanol–water partition coefficient (Wildman–Crippen LogP) is 3.40. The van der Waals surface area contributed by atoms with Crippen molar-refractivity contribution < 1.29 is 15.3 Å². The van der Waals surface area contributed by atoms with Gasteiger partial charge in [0.2, 0.25) is 0 Å². The Hall–Kier alpha value is -2.16. The summed E-state index contributed by atoms with van der Waals surface area (Å²) in [5.74, 6) is -0.259. The first-order valence-corrected chi connectivity index (χ1v) is 5.73. The van der Waals surface area contributed by atoms with Gasteiger partial charge < -0.3 is 15.3 Å². The average Bonchev–Trinajstić information content (AvgIpc) is 2.28. The first kappa shape index (κ1) is 12.3. The number of hydrogen-bond acceptors (Lipinski definition) is 3. The SMILES string of the molecule is Cc1cc(C)c(O)c(-c2cc(C)cc(O)c2O)c1. The molecule has 2 aromatic carbocycles. The van der Waals surface area contributed by atoms with Crippen LogP contribution < -0.4 is 0 Å². The number of benzene rings is 2. The van der Waals surface area contributed by atoms with E-state index in [1.165, 1.54) is 6.07 Å². The molecule has 0 aromatic heterocycles. The van der Waals surface area contributed by atoms with Gasteiger partial charge in [-0.3, -0.25) is 0 Å². The van der Waals surface area contributed by atoms with Crippen LogP contribution in [0, 0.1) is 20.8 Å². The van der Waals surface area contributed by atoms with Gasteiger partial charge in [-0.2, -0.15) is 0 Å². The van der Waals surface area contributed by atoms with Crippen molar-refractivity contribution in [2.75, 3.05) is 0 Å². The van der Waals surface area contributed by atoms with Crippen LogP contribution >= 0.6 is 0 Å². The molecule has 0 bridgehead atoms. The molecule has 0 unspecified atom stereocenters. The van der Waals surface area contributed by atoms with E-state index in [4.69, 9.17) is 0 Å². The number of aromatic hydroxyl groups is 3. The zero-order chi connectivity index (χ0) is 13.4. The van der Waals surface area contributed by atoms with Crippen LogP contribution in [0.1, 0.15) is 16.7 Å². The van der Waals surface area contributed by atoms with Crippen LogP contribution in [0.3, 0.4) is 0 Å². The molecule has 3 N–H and O–H groups in total. The van der Waals surface area contributed by atoms with Crippen LogP contribution in [0.4, 0.5) is 0 Å². The highest BCUT2D eigenvalue weighted by Crippen LogP contribution is 2.42. The van der Waals surface area contributed by atoms with Gasteiger partial charge >= 0.3 is 0 Å². The Kier molecular flexibility index (Phi) is 2.91. The minimum atomic E-state index is -0.207. The van der Waals surface area contributed by atoms with Crippen LogP contribution in [-0.4, -0.2) is 15.3 Å². The minimum Gasteiger partial charge on any atom is -0.507 e. The number of rotatable bonds is 1. The highest BCUT2D eigenvalue weighted by atomic mass is 16.3. The highest BCUT2D eigenvalue weighted by molar-refractivity contribution is 5.79. The van der Waals surface area contributed by atoms with Crippen LogP contribution in [0.15, 0.2) is 24.3 Å². The lowest BCUT2D eigenvalue weighted by atomic mass is 9.97. The van der Waals surface area contributed by atoms with Gasteiger partial charge in [0.15, 0.2) is 11.5 Å². The Morgan fingerprint density at radius 1 is 0.667 bits per heavy atom. The average molecular weight is 244 g/mol. The summed E-state index contributed by atoms with van der Waals surface area (Å²) < 4.78 is 0. The Morgan fingerprint density at radius 3 is 1.78 bits per heavy atom. The molecule has 0 heterocycles. The fourth-order valence-electron chi connectivity index (χ4n) is 2.13. The van der Waals surface area contributed by atoms with E-state index in [1.54, 1.807) is 19.1 Å². The molecule has 94 valence electrons. The van der Waals surface area contributed by atoms with Crippen LogP contribution in [0.2, 0.25) is 0 Å². The molecular weight excluding hydrogens is 228 g/mol. The Morgan fingerprint density at radius 2 is 1.17 bits per heavy atom. The summed E-state index contributed by atoms with van der Waals surface area (Å²) in [6.45, 7) is 5.55. The first-order valence-electron chi connectivity index (χ1n) is 5.73. The number of hydrogen-bond donors (Lipinski definition) is 3. The molecule has 0 atom stereocenters. The molecule has 0 aliphatic carbocycles. The minimum absolute atomic E-state index is 0.126. The van der Waals surface area contributed by atoms with Gasteiger partial charge in [0.25, 0.3) is 0 Å². The highest BCUT2D eigenvalue weighted by Gasteiger charge is 2.15. The summed E-state index contributed by atoms with van der Waals surface area (Å²) in [5.41, 5.74) is 3.52. The van der Waals surface area contributed by atoms with Crippen molar-refractivity contribution in [2.45, 2.75) is 20.8 Å².